The summed E-state index contributed by atoms with van der Waals surface area (Å²) in [5, 5.41) is -0.0396. The van der Waals surface area contributed by atoms with Gasteiger partial charge in [0.05, 0.1) is 12.2 Å². The van der Waals surface area contributed by atoms with Crippen molar-refractivity contribution >= 4 is 17.7 Å². The van der Waals surface area contributed by atoms with E-state index in [9.17, 15) is 4.79 Å². The van der Waals surface area contributed by atoms with Gasteiger partial charge < -0.3 is 4.42 Å². The topological polar surface area (TPSA) is 30.2 Å². The number of aryl methyl sites for hydroxylation is 1. The minimum absolute atomic E-state index is 0.0396. The summed E-state index contributed by atoms with van der Waals surface area (Å²) < 4.78 is 5.30. The number of hydrogen-bond acceptors (Lipinski definition) is 2. The lowest BCUT2D eigenvalue weighted by Crippen LogP contribution is -2.06. The van der Waals surface area contributed by atoms with Gasteiger partial charge >= 0.3 is 0 Å². The molecule has 0 aliphatic carbocycles. The maximum Gasteiger partial charge on any atom is 0.193 e. The van der Waals surface area contributed by atoms with Crippen LogP contribution in [0.3, 0.4) is 0 Å². The minimum Gasteiger partial charge on any atom is -0.469 e. The zero-order chi connectivity index (χ0) is 14.2. The first kappa shape index (κ1) is 14.9. The highest BCUT2D eigenvalue weighted by Crippen LogP contribution is 2.25. The zero-order valence-corrected chi connectivity index (χ0v) is 12.4. The highest BCUT2D eigenvalue weighted by molar-refractivity contribution is 7.96. The lowest BCUT2D eigenvalue weighted by molar-refractivity contribution is -0.112. The molecule has 1 unspecified atom stereocenters. The molecule has 0 aliphatic heterocycles. The summed E-state index contributed by atoms with van der Waals surface area (Å²) in [6.07, 6.45) is 6.77. The normalized spacial score (nSPS) is 12.2. The van der Waals surface area contributed by atoms with Crippen molar-refractivity contribution in [3.63, 3.8) is 0 Å². The first-order chi connectivity index (χ1) is 9.77. The van der Waals surface area contributed by atoms with Crippen molar-refractivity contribution in [2.45, 2.75) is 38.0 Å². The van der Waals surface area contributed by atoms with Crippen LogP contribution in [0.15, 0.2) is 53.1 Å². The van der Waals surface area contributed by atoms with Crippen LogP contribution in [0.4, 0.5) is 0 Å². The van der Waals surface area contributed by atoms with E-state index >= 15 is 0 Å². The summed E-state index contributed by atoms with van der Waals surface area (Å²) in [7, 11) is 0. The molecule has 1 heterocycles. The molecular formula is C17H20O2S. The van der Waals surface area contributed by atoms with Crippen molar-refractivity contribution < 1.29 is 9.21 Å². The number of benzene rings is 1. The summed E-state index contributed by atoms with van der Waals surface area (Å²) in [5.41, 5.74) is 1.07. The Labute approximate surface area is 125 Å². The van der Waals surface area contributed by atoms with Gasteiger partial charge in [-0.15, -0.1) is 12.6 Å². The monoisotopic (exact) mass is 288 g/mol. The third kappa shape index (κ3) is 4.57. The zero-order valence-electron chi connectivity index (χ0n) is 11.5. The molecule has 1 atom stereocenters. The van der Waals surface area contributed by atoms with E-state index in [1.54, 1.807) is 6.26 Å². The highest BCUT2D eigenvalue weighted by Gasteiger charge is 2.16. The molecule has 0 aliphatic rings. The van der Waals surface area contributed by atoms with Gasteiger partial charge in [-0.2, -0.15) is 0 Å². The Kier molecular flexibility index (Phi) is 5.93. The maximum atomic E-state index is 11.6. The quantitative estimate of drug-likeness (QED) is 0.567. The summed E-state index contributed by atoms with van der Waals surface area (Å²) >= 11 is 4.02. The molecule has 2 aromatic rings. The summed E-state index contributed by atoms with van der Waals surface area (Å²) in [4.78, 5) is 11.6. The van der Waals surface area contributed by atoms with Crippen LogP contribution in [0.5, 0.6) is 0 Å². The van der Waals surface area contributed by atoms with E-state index < -0.39 is 0 Å². The number of hydrogen-bond donors (Lipinski definition) is 1. The second-order valence-corrected chi connectivity index (χ2v) is 5.42. The molecule has 0 fully saturated rings. The Balaban J connectivity index is 1.74. The third-order valence-corrected chi connectivity index (χ3v) is 3.81. The second-order valence-electron chi connectivity index (χ2n) is 4.98. The SMILES string of the molecule is O=C(S)C(CCCCCc1ccco1)c1ccccc1. The Hall–Kier alpha value is -1.48. The van der Waals surface area contributed by atoms with Crippen LogP contribution in [-0.4, -0.2) is 5.12 Å². The van der Waals surface area contributed by atoms with E-state index in [1.807, 2.05) is 42.5 Å². The summed E-state index contributed by atoms with van der Waals surface area (Å²) in [5.74, 6) is 0.957. The van der Waals surface area contributed by atoms with Crippen molar-refractivity contribution in [2.24, 2.45) is 0 Å². The van der Waals surface area contributed by atoms with Crippen LogP contribution >= 0.6 is 12.6 Å². The molecule has 0 bridgehead atoms. The average molecular weight is 288 g/mol. The lowest BCUT2D eigenvalue weighted by atomic mass is 9.94. The van der Waals surface area contributed by atoms with Gasteiger partial charge in [0, 0.05) is 6.42 Å². The Morgan fingerprint density at radius 2 is 1.85 bits per heavy atom. The molecule has 106 valence electrons. The number of thiol groups is 1. The average Bonchev–Trinajstić information content (AvgIpc) is 2.96. The van der Waals surface area contributed by atoms with Crippen LogP contribution in [0.1, 0.15) is 42.9 Å². The Morgan fingerprint density at radius 3 is 2.50 bits per heavy atom. The van der Waals surface area contributed by atoms with E-state index in [4.69, 9.17) is 4.42 Å². The predicted molar refractivity (Wildman–Crippen MR) is 84.1 cm³/mol. The molecule has 0 saturated carbocycles. The molecule has 0 radical (unpaired) electrons. The number of furan rings is 1. The molecular weight excluding hydrogens is 268 g/mol. The van der Waals surface area contributed by atoms with Crippen LogP contribution in [0.2, 0.25) is 0 Å². The molecule has 2 rings (SSSR count). The number of carbonyl (C=O) groups excluding carboxylic acids is 1. The number of rotatable bonds is 8. The van der Waals surface area contributed by atoms with Crippen LogP contribution in [-0.2, 0) is 11.2 Å². The van der Waals surface area contributed by atoms with E-state index in [0.717, 1.165) is 43.4 Å². The van der Waals surface area contributed by atoms with Crippen LogP contribution in [0, 0.1) is 0 Å². The van der Waals surface area contributed by atoms with Gasteiger partial charge in [0.1, 0.15) is 5.76 Å². The standard InChI is InChI=1S/C17H20O2S/c18-17(20)16(14-8-3-1-4-9-14)12-6-2-5-10-15-11-7-13-19-15/h1,3-4,7-9,11,13,16H,2,5-6,10,12H2,(H,18,20). The Morgan fingerprint density at radius 1 is 1.05 bits per heavy atom. The smallest absolute Gasteiger partial charge is 0.193 e. The lowest BCUT2D eigenvalue weighted by Gasteiger charge is -2.13. The fourth-order valence-electron chi connectivity index (χ4n) is 2.40. The van der Waals surface area contributed by atoms with Crippen molar-refractivity contribution in [1.29, 1.82) is 0 Å². The molecule has 0 saturated heterocycles. The van der Waals surface area contributed by atoms with E-state index in [-0.39, 0.29) is 11.0 Å². The minimum atomic E-state index is -0.0804. The Bertz CT molecular complexity index is 505. The number of carbonyl (C=O) groups is 1. The molecule has 2 nitrogen and oxygen atoms in total. The number of unbranched alkanes of at least 4 members (excludes halogenated alkanes) is 2. The second kappa shape index (κ2) is 7.95. The predicted octanol–water partition coefficient (Wildman–Crippen LogP) is 4.62. The summed E-state index contributed by atoms with van der Waals surface area (Å²) in [6, 6.07) is 13.8. The van der Waals surface area contributed by atoms with Gasteiger partial charge in [-0.3, -0.25) is 4.79 Å². The van der Waals surface area contributed by atoms with Crippen molar-refractivity contribution in [1.82, 2.24) is 0 Å². The highest BCUT2D eigenvalue weighted by atomic mass is 32.1. The van der Waals surface area contributed by atoms with Gasteiger partial charge in [0.2, 0.25) is 0 Å². The summed E-state index contributed by atoms with van der Waals surface area (Å²) in [6.45, 7) is 0. The van der Waals surface area contributed by atoms with Crippen molar-refractivity contribution in [2.75, 3.05) is 0 Å². The van der Waals surface area contributed by atoms with Crippen LogP contribution < -0.4 is 0 Å². The van der Waals surface area contributed by atoms with Gasteiger partial charge in [-0.25, -0.2) is 0 Å². The molecule has 0 amide bonds. The van der Waals surface area contributed by atoms with E-state index in [2.05, 4.69) is 12.6 Å². The van der Waals surface area contributed by atoms with Crippen molar-refractivity contribution in [3.05, 3.63) is 60.1 Å². The molecule has 20 heavy (non-hydrogen) atoms. The molecule has 1 aromatic heterocycles. The molecule has 0 N–H and O–H groups in total. The van der Waals surface area contributed by atoms with E-state index in [1.165, 1.54) is 0 Å². The van der Waals surface area contributed by atoms with Gasteiger partial charge in [-0.1, -0.05) is 43.2 Å². The fraction of sp³-hybridized carbons (Fsp3) is 0.353. The fourth-order valence-corrected chi connectivity index (χ4v) is 2.68. The van der Waals surface area contributed by atoms with Gasteiger partial charge in [0.25, 0.3) is 0 Å². The largest absolute Gasteiger partial charge is 0.469 e. The first-order valence-corrected chi connectivity index (χ1v) is 7.52. The van der Waals surface area contributed by atoms with Crippen molar-refractivity contribution in [3.8, 4) is 0 Å². The first-order valence-electron chi connectivity index (χ1n) is 7.07. The van der Waals surface area contributed by atoms with Gasteiger partial charge in [0.15, 0.2) is 5.12 Å². The maximum absolute atomic E-state index is 11.6. The van der Waals surface area contributed by atoms with E-state index in [0.29, 0.717) is 0 Å². The van der Waals surface area contributed by atoms with Gasteiger partial charge in [-0.05, 0) is 30.5 Å². The molecule has 0 spiro atoms. The molecule has 1 aromatic carbocycles. The molecule has 3 heteroatoms. The third-order valence-electron chi connectivity index (χ3n) is 3.50. The van der Waals surface area contributed by atoms with Crippen LogP contribution in [0.25, 0.3) is 0 Å².